The normalized spacial score (nSPS) is 19.3. The fourth-order valence-electron chi connectivity index (χ4n) is 2.09. The fraction of sp³-hybridized carbons (Fsp3) is 0.917. The second-order valence-corrected chi connectivity index (χ2v) is 5.30. The largest absolute Gasteiger partial charge is 0.390 e. The van der Waals surface area contributed by atoms with Gasteiger partial charge >= 0.3 is 0 Å². The van der Waals surface area contributed by atoms with Crippen molar-refractivity contribution in [1.82, 2.24) is 4.90 Å². The van der Waals surface area contributed by atoms with Gasteiger partial charge in [0.15, 0.2) is 0 Å². The van der Waals surface area contributed by atoms with E-state index in [1.54, 1.807) is 6.92 Å². The highest BCUT2D eigenvalue weighted by Gasteiger charge is 2.22. The molecule has 0 saturated carbocycles. The van der Waals surface area contributed by atoms with Crippen molar-refractivity contribution in [3.05, 3.63) is 0 Å². The first kappa shape index (κ1) is 12.5. The summed E-state index contributed by atoms with van der Waals surface area (Å²) in [5, 5.41) is 9.62. The number of hydrogen-bond donors (Lipinski definition) is 1. The second kappa shape index (κ2) is 4.97. The smallest absolute Gasteiger partial charge is 0.219 e. The van der Waals surface area contributed by atoms with Gasteiger partial charge in [0.1, 0.15) is 0 Å². The number of rotatable bonds is 3. The van der Waals surface area contributed by atoms with E-state index in [1.807, 2.05) is 18.7 Å². The predicted molar refractivity (Wildman–Crippen MR) is 60.5 cm³/mol. The average molecular weight is 213 g/mol. The minimum Gasteiger partial charge on any atom is -0.390 e. The molecule has 0 aliphatic carbocycles. The summed E-state index contributed by atoms with van der Waals surface area (Å²) in [6.07, 6.45) is 4.12. The number of carbonyl (C=O) groups is 1. The molecule has 0 radical (unpaired) electrons. The van der Waals surface area contributed by atoms with Gasteiger partial charge in [-0.2, -0.15) is 0 Å². The molecule has 15 heavy (non-hydrogen) atoms. The number of aliphatic hydroxyl groups is 1. The van der Waals surface area contributed by atoms with Gasteiger partial charge in [0.2, 0.25) is 5.91 Å². The van der Waals surface area contributed by atoms with E-state index in [0.29, 0.717) is 5.92 Å². The lowest BCUT2D eigenvalue weighted by molar-refractivity contribution is -0.130. The summed E-state index contributed by atoms with van der Waals surface area (Å²) in [6.45, 7) is 7.14. The summed E-state index contributed by atoms with van der Waals surface area (Å²) < 4.78 is 0. The number of amides is 1. The Hall–Kier alpha value is -0.570. The topological polar surface area (TPSA) is 40.5 Å². The van der Waals surface area contributed by atoms with Crippen LogP contribution in [-0.4, -0.2) is 34.6 Å². The van der Waals surface area contributed by atoms with Gasteiger partial charge in [-0.25, -0.2) is 0 Å². The molecule has 1 amide bonds. The maximum atomic E-state index is 11.1. The number of carbonyl (C=O) groups excluding carboxylic acids is 1. The molecule has 1 aliphatic heterocycles. The van der Waals surface area contributed by atoms with Gasteiger partial charge in [0, 0.05) is 20.0 Å². The van der Waals surface area contributed by atoms with Crippen LogP contribution >= 0.6 is 0 Å². The van der Waals surface area contributed by atoms with E-state index in [2.05, 4.69) is 0 Å². The molecule has 0 aromatic heterocycles. The van der Waals surface area contributed by atoms with Crippen molar-refractivity contribution in [3.63, 3.8) is 0 Å². The van der Waals surface area contributed by atoms with Gasteiger partial charge in [-0.1, -0.05) is 0 Å². The molecule has 1 fully saturated rings. The molecule has 88 valence electrons. The zero-order valence-electron chi connectivity index (χ0n) is 10.1. The van der Waals surface area contributed by atoms with E-state index >= 15 is 0 Å². The van der Waals surface area contributed by atoms with E-state index in [9.17, 15) is 9.90 Å². The molecule has 0 unspecified atom stereocenters. The number of piperidine rings is 1. The lowest BCUT2D eigenvalue weighted by atomic mass is 9.88. The van der Waals surface area contributed by atoms with Gasteiger partial charge in [-0.3, -0.25) is 4.79 Å². The van der Waals surface area contributed by atoms with Crippen LogP contribution in [0, 0.1) is 5.92 Å². The van der Waals surface area contributed by atoms with Crippen molar-refractivity contribution >= 4 is 5.91 Å². The zero-order chi connectivity index (χ0) is 11.5. The van der Waals surface area contributed by atoms with Crippen LogP contribution in [0.3, 0.4) is 0 Å². The van der Waals surface area contributed by atoms with Gasteiger partial charge < -0.3 is 10.0 Å². The maximum Gasteiger partial charge on any atom is 0.219 e. The molecule has 0 bridgehead atoms. The molecule has 0 aromatic carbocycles. The molecular weight excluding hydrogens is 190 g/mol. The van der Waals surface area contributed by atoms with Crippen molar-refractivity contribution in [1.29, 1.82) is 0 Å². The zero-order valence-corrected chi connectivity index (χ0v) is 10.1. The van der Waals surface area contributed by atoms with Gasteiger partial charge in [-0.15, -0.1) is 0 Å². The van der Waals surface area contributed by atoms with Gasteiger partial charge in [-0.05, 0) is 45.4 Å². The third-order valence-electron chi connectivity index (χ3n) is 3.22. The summed E-state index contributed by atoms with van der Waals surface area (Å²) >= 11 is 0. The molecule has 0 aromatic rings. The minimum atomic E-state index is -0.544. The highest BCUT2D eigenvalue weighted by molar-refractivity contribution is 5.73. The standard InChI is InChI=1S/C12H23NO2/c1-10(14)13-8-5-11(6-9-13)4-7-12(2,3)15/h11,15H,4-9H2,1-3H3. The van der Waals surface area contributed by atoms with E-state index in [4.69, 9.17) is 0 Å². The Bertz CT molecular complexity index is 212. The van der Waals surface area contributed by atoms with Crippen molar-refractivity contribution in [2.45, 2.75) is 52.1 Å². The summed E-state index contributed by atoms with van der Waals surface area (Å²) in [6, 6.07) is 0. The van der Waals surface area contributed by atoms with E-state index < -0.39 is 5.60 Å². The molecule has 1 N–H and O–H groups in total. The first-order valence-corrected chi connectivity index (χ1v) is 5.86. The molecule has 3 heteroatoms. The van der Waals surface area contributed by atoms with Crippen molar-refractivity contribution in [2.75, 3.05) is 13.1 Å². The molecule has 1 aliphatic rings. The monoisotopic (exact) mass is 213 g/mol. The fourth-order valence-corrected chi connectivity index (χ4v) is 2.09. The molecule has 1 rings (SSSR count). The van der Waals surface area contributed by atoms with Gasteiger partial charge in [0.05, 0.1) is 5.60 Å². The van der Waals surface area contributed by atoms with Crippen LogP contribution in [0.1, 0.15) is 46.5 Å². The molecule has 1 heterocycles. The Labute approximate surface area is 92.5 Å². The number of nitrogens with zero attached hydrogens (tertiary/aromatic N) is 1. The van der Waals surface area contributed by atoms with Crippen LogP contribution in [0.5, 0.6) is 0 Å². The summed E-state index contributed by atoms with van der Waals surface area (Å²) in [5.41, 5.74) is -0.544. The third-order valence-corrected chi connectivity index (χ3v) is 3.22. The van der Waals surface area contributed by atoms with Crippen LogP contribution in [0.4, 0.5) is 0 Å². The number of hydrogen-bond acceptors (Lipinski definition) is 2. The highest BCUT2D eigenvalue weighted by Crippen LogP contribution is 2.24. The Morgan fingerprint density at radius 3 is 2.33 bits per heavy atom. The highest BCUT2D eigenvalue weighted by atomic mass is 16.3. The van der Waals surface area contributed by atoms with Crippen LogP contribution in [0.25, 0.3) is 0 Å². The van der Waals surface area contributed by atoms with Crippen molar-refractivity contribution in [3.8, 4) is 0 Å². The van der Waals surface area contributed by atoms with Crippen LogP contribution < -0.4 is 0 Å². The SMILES string of the molecule is CC(=O)N1CCC(CCC(C)(C)O)CC1. The quantitative estimate of drug-likeness (QED) is 0.776. The van der Waals surface area contributed by atoms with Gasteiger partial charge in [0.25, 0.3) is 0 Å². The third kappa shape index (κ3) is 4.65. The summed E-state index contributed by atoms with van der Waals surface area (Å²) in [5.74, 6) is 0.878. The Morgan fingerprint density at radius 2 is 1.93 bits per heavy atom. The summed E-state index contributed by atoms with van der Waals surface area (Å²) in [7, 11) is 0. The van der Waals surface area contributed by atoms with Crippen molar-refractivity contribution in [2.24, 2.45) is 5.92 Å². The molecule has 1 saturated heterocycles. The first-order chi connectivity index (χ1) is 6.88. The minimum absolute atomic E-state index is 0.191. The Kier molecular flexibility index (Phi) is 4.14. The maximum absolute atomic E-state index is 11.1. The second-order valence-electron chi connectivity index (χ2n) is 5.30. The lowest BCUT2D eigenvalue weighted by Gasteiger charge is -2.32. The average Bonchev–Trinajstić information content (AvgIpc) is 2.14. The molecule has 3 nitrogen and oxygen atoms in total. The van der Waals surface area contributed by atoms with Crippen LogP contribution in [0.2, 0.25) is 0 Å². The molecule has 0 spiro atoms. The first-order valence-electron chi connectivity index (χ1n) is 5.86. The van der Waals surface area contributed by atoms with Crippen LogP contribution in [-0.2, 0) is 4.79 Å². The van der Waals surface area contributed by atoms with E-state index in [0.717, 1.165) is 38.8 Å². The molecular formula is C12H23NO2. The van der Waals surface area contributed by atoms with E-state index in [-0.39, 0.29) is 5.91 Å². The lowest BCUT2D eigenvalue weighted by Crippen LogP contribution is -2.37. The Morgan fingerprint density at radius 1 is 1.40 bits per heavy atom. The van der Waals surface area contributed by atoms with Crippen LogP contribution in [0.15, 0.2) is 0 Å². The molecule has 0 atom stereocenters. The number of likely N-dealkylation sites (tertiary alicyclic amines) is 1. The van der Waals surface area contributed by atoms with Crippen molar-refractivity contribution < 1.29 is 9.90 Å². The summed E-state index contributed by atoms with van der Waals surface area (Å²) in [4.78, 5) is 13.0. The predicted octanol–water partition coefficient (Wildman–Crippen LogP) is 1.80. The van der Waals surface area contributed by atoms with E-state index in [1.165, 1.54) is 0 Å². The Balaban J connectivity index is 2.23.